The number of carboxylic acid groups (broad SMARTS) is 1. The average Bonchev–Trinajstić information content (AvgIpc) is 3.23. The van der Waals surface area contributed by atoms with Crippen molar-refractivity contribution in [2.24, 2.45) is 16.7 Å². The molecule has 0 radical (unpaired) electrons. The topological polar surface area (TPSA) is 78.9 Å². The molecule has 4 rings (SSSR count). The van der Waals surface area contributed by atoms with Gasteiger partial charge in [-0.15, -0.1) is 0 Å². The summed E-state index contributed by atoms with van der Waals surface area (Å²) < 4.78 is 5.95. The number of hydrogen-bond donors (Lipinski definition) is 2. The molecule has 2 N–H and O–H groups in total. The molecule has 6 nitrogen and oxygen atoms in total. The fraction of sp³-hybridized carbons (Fsp3) is 0.882. The van der Waals surface area contributed by atoms with Crippen molar-refractivity contribution < 1.29 is 19.4 Å². The first kappa shape index (κ1) is 15.2. The van der Waals surface area contributed by atoms with E-state index in [0.717, 1.165) is 25.9 Å². The van der Waals surface area contributed by atoms with Gasteiger partial charge in [0, 0.05) is 37.1 Å². The molecule has 0 aromatic carbocycles. The summed E-state index contributed by atoms with van der Waals surface area (Å²) in [6.45, 7) is 3.37. The standard InChI is InChI=1S/C17H26N2O4/c1-16(14(20)21)7-8-19(10-16)15(22)18-12-11-4-9-23-13(11)17(12)5-2-3-6-17/h11-13H,2-10H2,1H3,(H,18,22)(H,20,21). The van der Waals surface area contributed by atoms with Crippen molar-refractivity contribution in [1.82, 2.24) is 10.2 Å². The fourth-order valence-electron chi connectivity index (χ4n) is 5.44. The van der Waals surface area contributed by atoms with Gasteiger partial charge in [0.05, 0.1) is 11.5 Å². The van der Waals surface area contributed by atoms with Gasteiger partial charge < -0.3 is 20.1 Å². The third kappa shape index (κ3) is 2.10. The first-order valence-electron chi connectivity index (χ1n) is 8.87. The summed E-state index contributed by atoms with van der Waals surface area (Å²) in [6, 6.07) is 0.123. The van der Waals surface area contributed by atoms with Crippen molar-refractivity contribution in [3.8, 4) is 0 Å². The lowest BCUT2D eigenvalue weighted by Gasteiger charge is -2.57. The molecular weight excluding hydrogens is 296 g/mol. The maximum absolute atomic E-state index is 12.7. The van der Waals surface area contributed by atoms with Crippen LogP contribution < -0.4 is 5.32 Å². The number of rotatable bonds is 2. The van der Waals surface area contributed by atoms with Gasteiger partial charge in [-0.25, -0.2) is 4.79 Å². The van der Waals surface area contributed by atoms with E-state index in [2.05, 4.69) is 5.32 Å². The molecule has 4 aliphatic rings. The number of carbonyl (C=O) groups excluding carboxylic acids is 1. The zero-order chi connectivity index (χ0) is 16.2. The van der Waals surface area contributed by atoms with E-state index in [4.69, 9.17) is 4.74 Å². The normalized spacial score (nSPS) is 40.9. The highest BCUT2D eigenvalue weighted by Crippen LogP contribution is 2.60. The molecule has 23 heavy (non-hydrogen) atoms. The van der Waals surface area contributed by atoms with E-state index in [1.807, 2.05) is 0 Å². The number of ether oxygens (including phenoxy) is 1. The lowest BCUT2D eigenvalue weighted by atomic mass is 9.54. The van der Waals surface area contributed by atoms with Gasteiger partial charge in [-0.05, 0) is 32.6 Å². The van der Waals surface area contributed by atoms with Crippen LogP contribution in [0.1, 0.15) is 45.4 Å². The number of carboxylic acids is 1. The minimum Gasteiger partial charge on any atom is -0.481 e. The van der Waals surface area contributed by atoms with E-state index in [1.165, 1.54) is 12.8 Å². The van der Waals surface area contributed by atoms with Crippen LogP contribution in [0.4, 0.5) is 4.79 Å². The number of carbonyl (C=O) groups is 2. The zero-order valence-electron chi connectivity index (χ0n) is 13.7. The molecule has 0 bridgehead atoms. The Hall–Kier alpha value is -1.30. The Balaban J connectivity index is 1.44. The van der Waals surface area contributed by atoms with Crippen LogP contribution in [0, 0.1) is 16.7 Å². The van der Waals surface area contributed by atoms with E-state index in [-0.39, 0.29) is 17.5 Å². The maximum Gasteiger partial charge on any atom is 0.317 e. The first-order chi connectivity index (χ1) is 11.0. The minimum atomic E-state index is -0.812. The molecular formula is C17H26N2O4. The summed E-state index contributed by atoms with van der Waals surface area (Å²) in [5, 5.41) is 12.6. The Morgan fingerprint density at radius 1 is 1.26 bits per heavy atom. The molecule has 0 aromatic heterocycles. The largest absolute Gasteiger partial charge is 0.481 e. The molecule has 2 amide bonds. The van der Waals surface area contributed by atoms with Gasteiger partial charge in [0.1, 0.15) is 0 Å². The average molecular weight is 322 g/mol. The second kappa shape index (κ2) is 5.10. The fourth-order valence-corrected chi connectivity index (χ4v) is 5.44. The minimum absolute atomic E-state index is 0.0865. The molecule has 2 saturated carbocycles. The highest BCUT2D eigenvalue weighted by molar-refractivity contribution is 5.79. The van der Waals surface area contributed by atoms with Crippen molar-refractivity contribution in [1.29, 1.82) is 0 Å². The summed E-state index contributed by atoms with van der Waals surface area (Å²) in [5.41, 5.74) is -0.659. The molecule has 0 aromatic rings. The van der Waals surface area contributed by atoms with Crippen molar-refractivity contribution in [2.75, 3.05) is 19.7 Å². The van der Waals surface area contributed by atoms with E-state index >= 15 is 0 Å². The monoisotopic (exact) mass is 322 g/mol. The highest BCUT2D eigenvalue weighted by atomic mass is 16.5. The lowest BCUT2D eigenvalue weighted by Crippen LogP contribution is -2.69. The Kier molecular flexibility index (Phi) is 3.38. The quantitative estimate of drug-likeness (QED) is 0.813. The Morgan fingerprint density at radius 2 is 2.00 bits per heavy atom. The smallest absolute Gasteiger partial charge is 0.317 e. The Bertz CT molecular complexity index is 531. The summed E-state index contributed by atoms with van der Waals surface area (Å²) in [5.74, 6) is -0.363. The molecule has 1 spiro atoms. The lowest BCUT2D eigenvalue weighted by molar-refractivity contribution is -0.147. The third-order valence-electron chi connectivity index (χ3n) is 6.84. The first-order valence-corrected chi connectivity index (χ1v) is 8.87. The SMILES string of the molecule is CC1(C(=O)O)CCN(C(=O)NC2C3CCOC3C23CCCC3)C1. The predicted octanol–water partition coefficient (Wildman–Crippen LogP) is 1.84. The Morgan fingerprint density at radius 3 is 2.65 bits per heavy atom. The number of amides is 2. The van der Waals surface area contributed by atoms with Crippen molar-refractivity contribution in [2.45, 2.75) is 57.6 Å². The van der Waals surface area contributed by atoms with Crippen LogP contribution in [0.15, 0.2) is 0 Å². The van der Waals surface area contributed by atoms with Crippen molar-refractivity contribution in [3.63, 3.8) is 0 Å². The number of likely N-dealkylation sites (tertiary alicyclic amines) is 1. The highest BCUT2D eigenvalue weighted by Gasteiger charge is 2.65. The van der Waals surface area contributed by atoms with Gasteiger partial charge in [-0.2, -0.15) is 0 Å². The molecule has 4 unspecified atom stereocenters. The molecule has 2 heterocycles. The van der Waals surface area contributed by atoms with Crippen LogP contribution in [0.2, 0.25) is 0 Å². The van der Waals surface area contributed by atoms with Gasteiger partial charge in [0.2, 0.25) is 0 Å². The molecule has 2 aliphatic carbocycles. The molecule has 2 aliphatic heterocycles. The number of urea groups is 1. The number of nitrogens with zero attached hydrogens (tertiary/aromatic N) is 1. The van der Waals surface area contributed by atoms with Crippen LogP contribution >= 0.6 is 0 Å². The summed E-state index contributed by atoms with van der Waals surface area (Å²) >= 11 is 0. The second-order valence-electron chi connectivity index (χ2n) is 8.15. The summed E-state index contributed by atoms with van der Waals surface area (Å²) in [4.78, 5) is 25.7. The van der Waals surface area contributed by atoms with Crippen LogP contribution in [-0.2, 0) is 9.53 Å². The van der Waals surface area contributed by atoms with Crippen LogP contribution in [0.5, 0.6) is 0 Å². The van der Waals surface area contributed by atoms with Gasteiger partial charge in [-0.3, -0.25) is 4.79 Å². The predicted molar refractivity (Wildman–Crippen MR) is 83.0 cm³/mol. The zero-order valence-corrected chi connectivity index (χ0v) is 13.7. The van der Waals surface area contributed by atoms with E-state index in [1.54, 1.807) is 11.8 Å². The number of hydrogen-bond acceptors (Lipinski definition) is 3. The molecule has 4 atom stereocenters. The van der Waals surface area contributed by atoms with E-state index < -0.39 is 11.4 Å². The van der Waals surface area contributed by atoms with E-state index in [0.29, 0.717) is 31.5 Å². The van der Waals surface area contributed by atoms with Crippen molar-refractivity contribution >= 4 is 12.0 Å². The van der Waals surface area contributed by atoms with Crippen LogP contribution in [-0.4, -0.2) is 53.8 Å². The summed E-state index contributed by atoms with van der Waals surface area (Å²) in [6.07, 6.45) is 6.63. The molecule has 4 fully saturated rings. The number of aliphatic carboxylic acids is 1. The molecule has 2 saturated heterocycles. The summed E-state index contributed by atoms with van der Waals surface area (Å²) in [7, 11) is 0. The van der Waals surface area contributed by atoms with Gasteiger partial charge in [0.25, 0.3) is 0 Å². The number of nitrogens with one attached hydrogen (secondary N) is 1. The van der Waals surface area contributed by atoms with Crippen molar-refractivity contribution in [3.05, 3.63) is 0 Å². The maximum atomic E-state index is 12.7. The number of fused-ring (bicyclic) bond motifs is 2. The Labute approximate surface area is 136 Å². The van der Waals surface area contributed by atoms with E-state index in [9.17, 15) is 14.7 Å². The molecule has 6 heteroatoms. The van der Waals surface area contributed by atoms with Crippen LogP contribution in [0.3, 0.4) is 0 Å². The van der Waals surface area contributed by atoms with Gasteiger partial charge in [0.15, 0.2) is 0 Å². The third-order valence-corrected chi connectivity index (χ3v) is 6.84. The second-order valence-corrected chi connectivity index (χ2v) is 8.15. The van der Waals surface area contributed by atoms with Gasteiger partial charge >= 0.3 is 12.0 Å². The van der Waals surface area contributed by atoms with Gasteiger partial charge in [-0.1, -0.05) is 12.8 Å². The molecule has 128 valence electrons. The van der Waals surface area contributed by atoms with Crippen LogP contribution in [0.25, 0.3) is 0 Å².